The number of nitrogens with one attached hydrogen (secondary N) is 2. The van der Waals surface area contributed by atoms with Gasteiger partial charge in [0.2, 0.25) is 21.1 Å². The van der Waals surface area contributed by atoms with Gasteiger partial charge in [-0.1, -0.05) is 55.5 Å². The summed E-state index contributed by atoms with van der Waals surface area (Å²) in [6, 6.07) is 4.54. The molecule has 8 nitrogen and oxygen atoms in total. The molecule has 2 N–H and O–H groups in total. The highest BCUT2D eigenvalue weighted by Gasteiger charge is 2.28. The third kappa shape index (κ3) is 5.84. The van der Waals surface area contributed by atoms with Crippen LogP contribution in [0.2, 0.25) is 5.02 Å². The SMILES string of the molecule is O=C(CSc1n[nH]c(CC2CCCC2)n1)Nc1ccc(Cl)c(S(=O)(=O)N2CCCCC2)c1. The summed E-state index contributed by atoms with van der Waals surface area (Å²) in [5.41, 5.74) is 0.396. The lowest BCUT2D eigenvalue weighted by molar-refractivity contribution is -0.113. The van der Waals surface area contributed by atoms with Crippen molar-refractivity contribution in [3.8, 4) is 0 Å². The number of hydrogen-bond acceptors (Lipinski definition) is 6. The van der Waals surface area contributed by atoms with Gasteiger partial charge in [0, 0.05) is 25.2 Å². The zero-order chi connectivity index (χ0) is 22.6. The molecular weight excluding hydrogens is 470 g/mol. The molecule has 1 aromatic carbocycles. The summed E-state index contributed by atoms with van der Waals surface area (Å²) in [5.74, 6) is 1.40. The highest BCUT2D eigenvalue weighted by Crippen LogP contribution is 2.30. The number of carbonyl (C=O) groups is 1. The molecule has 0 radical (unpaired) electrons. The Balaban J connectivity index is 1.34. The highest BCUT2D eigenvalue weighted by atomic mass is 35.5. The Kier molecular flexibility index (Phi) is 7.75. The molecular formula is C21H28ClN5O3S2. The van der Waals surface area contributed by atoms with Crippen LogP contribution in [0.5, 0.6) is 0 Å². The quantitative estimate of drug-likeness (QED) is 0.531. The molecule has 2 fully saturated rings. The van der Waals surface area contributed by atoms with Crippen LogP contribution < -0.4 is 5.32 Å². The molecule has 4 rings (SSSR count). The van der Waals surface area contributed by atoms with Gasteiger partial charge in [-0.3, -0.25) is 9.89 Å². The van der Waals surface area contributed by atoms with Crippen LogP contribution in [-0.4, -0.2) is 52.7 Å². The molecule has 2 aromatic rings. The van der Waals surface area contributed by atoms with Gasteiger partial charge in [-0.2, -0.15) is 4.31 Å². The summed E-state index contributed by atoms with van der Waals surface area (Å²) in [6.45, 7) is 0.983. The summed E-state index contributed by atoms with van der Waals surface area (Å²) < 4.78 is 27.4. The Morgan fingerprint density at radius 1 is 1.19 bits per heavy atom. The molecule has 0 bridgehead atoms. The molecule has 1 aliphatic carbocycles. The first-order valence-electron chi connectivity index (χ1n) is 11.1. The van der Waals surface area contributed by atoms with Crippen LogP contribution in [0.25, 0.3) is 0 Å². The fourth-order valence-electron chi connectivity index (χ4n) is 4.27. The minimum Gasteiger partial charge on any atom is -0.325 e. The summed E-state index contributed by atoms with van der Waals surface area (Å²) in [5, 5.41) is 10.6. The van der Waals surface area contributed by atoms with Gasteiger partial charge < -0.3 is 5.32 Å². The van der Waals surface area contributed by atoms with Gasteiger partial charge in [-0.05, 0) is 37.0 Å². The summed E-state index contributed by atoms with van der Waals surface area (Å²) in [6.07, 6.45) is 8.66. The molecule has 11 heteroatoms. The number of halogens is 1. The van der Waals surface area contributed by atoms with E-state index in [1.807, 2.05) is 0 Å². The van der Waals surface area contributed by atoms with Crippen LogP contribution in [0.15, 0.2) is 28.3 Å². The average Bonchev–Trinajstić information content (AvgIpc) is 3.47. The van der Waals surface area contributed by atoms with E-state index in [0.29, 0.717) is 29.9 Å². The fourth-order valence-corrected chi connectivity index (χ4v) is 6.91. The molecule has 2 heterocycles. The van der Waals surface area contributed by atoms with Crippen molar-refractivity contribution in [2.75, 3.05) is 24.2 Å². The average molecular weight is 498 g/mol. The summed E-state index contributed by atoms with van der Waals surface area (Å²) in [4.78, 5) is 16.9. The topological polar surface area (TPSA) is 108 Å². The smallest absolute Gasteiger partial charge is 0.244 e. The number of aromatic nitrogens is 3. The van der Waals surface area contributed by atoms with Crippen LogP contribution >= 0.6 is 23.4 Å². The summed E-state index contributed by atoms with van der Waals surface area (Å²) in [7, 11) is -3.69. The number of piperidine rings is 1. The Morgan fingerprint density at radius 3 is 2.69 bits per heavy atom. The van der Waals surface area contributed by atoms with Gasteiger partial charge in [0.15, 0.2) is 0 Å². The number of nitrogens with zero attached hydrogens (tertiary/aromatic N) is 3. The van der Waals surface area contributed by atoms with E-state index >= 15 is 0 Å². The first-order valence-corrected chi connectivity index (χ1v) is 13.9. The molecule has 1 aliphatic heterocycles. The number of thioether (sulfide) groups is 1. The number of sulfonamides is 1. The van der Waals surface area contributed by atoms with E-state index in [0.717, 1.165) is 31.5 Å². The normalized spacial score (nSPS) is 18.2. The maximum Gasteiger partial charge on any atom is 0.244 e. The minimum absolute atomic E-state index is 0.0250. The van der Waals surface area contributed by atoms with Crippen molar-refractivity contribution in [3.05, 3.63) is 29.0 Å². The Bertz CT molecular complexity index is 1050. The molecule has 1 saturated heterocycles. The Labute approximate surface area is 197 Å². The van der Waals surface area contributed by atoms with E-state index in [1.54, 1.807) is 6.07 Å². The molecule has 174 valence electrons. The number of amides is 1. The zero-order valence-corrected chi connectivity index (χ0v) is 20.2. The van der Waals surface area contributed by atoms with Gasteiger partial charge in [-0.25, -0.2) is 13.4 Å². The summed E-state index contributed by atoms with van der Waals surface area (Å²) >= 11 is 7.44. The van der Waals surface area contributed by atoms with Crippen molar-refractivity contribution in [2.24, 2.45) is 5.92 Å². The molecule has 0 atom stereocenters. The van der Waals surface area contributed by atoms with Gasteiger partial charge >= 0.3 is 0 Å². The maximum absolute atomic E-state index is 13.0. The van der Waals surface area contributed by atoms with Gasteiger partial charge in [-0.15, -0.1) is 5.10 Å². The number of benzene rings is 1. The van der Waals surface area contributed by atoms with Crippen LogP contribution in [-0.2, 0) is 21.2 Å². The van der Waals surface area contributed by atoms with Crippen LogP contribution in [0.3, 0.4) is 0 Å². The molecule has 1 amide bonds. The van der Waals surface area contributed by atoms with E-state index in [4.69, 9.17) is 11.6 Å². The standard InChI is InChI=1S/C21H28ClN5O3S2/c22-17-9-8-16(13-18(17)32(29,30)27-10-4-1-5-11-27)23-20(28)14-31-21-24-19(25-26-21)12-15-6-2-3-7-15/h8-9,13,15H,1-7,10-12,14H2,(H,23,28)(H,24,25,26). The Morgan fingerprint density at radius 2 is 1.94 bits per heavy atom. The number of hydrogen-bond donors (Lipinski definition) is 2. The zero-order valence-electron chi connectivity index (χ0n) is 17.8. The largest absolute Gasteiger partial charge is 0.325 e. The van der Waals surface area contributed by atoms with Crippen molar-refractivity contribution in [2.45, 2.75) is 61.4 Å². The van der Waals surface area contributed by atoms with Crippen LogP contribution in [0.4, 0.5) is 5.69 Å². The molecule has 32 heavy (non-hydrogen) atoms. The van der Waals surface area contributed by atoms with E-state index in [1.165, 1.54) is 53.9 Å². The second kappa shape index (κ2) is 10.5. The van der Waals surface area contributed by atoms with Crippen molar-refractivity contribution in [1.82, 2.24) is 19.5 Å². The first kappa shape index (κ1) is 23.5. The van der Waals surface area contributed by atoms with Crippen LogP contribution in [0.1, 0.15) is 50.8 Å². The molecule has 1 saturated carbocycles. The van der Waals surface area contributed by atoms with Crippen LogP contribution in [0, 0.1) is 5.92 Å². The van der Waals surface area contributed by atoms with Gasteiger partial charge in [0.05, 0.1) is 10.8 Å². The van der Waals surface area contributed by atoms with Crippen molar-refractivity contribution < 1.29 is 13.2 Å². The minimum atomic E-state index is -3.69. The third-order valence-electron chi connectivity index (χ3n) is 5.95. The lowest BCUT2D eigenvalue weighted by Crippen LogP contribution is -2.35. The number of rotatable bonds is 8. The molecule has 0 spiro atoms. The molecule has 1 aromatic heterocycles. The number of anilines is 1. The number of carbonyl (C=O) groups excluding carboxylic acids is 1. The molecule has 2 aliphatic rings. The van der Waals surface area contributed by atoms with Gasteiger partial charge in [0.25, 0.3) is 0 Å². The van der Waals surface area contributed by atoms with E-state index < -0.39 is 10.0 Å². The van der Waals surface area contributed by atoms with Gasteiger partial charge in [0.1, 0.15) is 10.7 Å². The Hall–Kier alpha value is -1.62. The predicted molar refractivity (Wildman–Crippen MR) is 125 cm³/mol. The second-order valence-electron chi connectivity index (χ2n) is 8.37. The first-order chi connectivity index (χ1) is 15.4. The highest BCUT2D eigenvalue weighted by molar-refractivity contribution is 7.99. The second-order valence-corrected chi connectivity index (χ2v) is 11.6. The molecule has 0 unspecified atom stereocenters. The number of H-pyrrole nitrogens is 1. The lowest BCUT2D eigenvalue weighted by Gasteiger charge is -2.26. The third-order valence-corrected chi connectivity index (χ3v) is 9.18. The van der Waals surface area contributed by atoms with E-state index in [2.05, 4.69) is 20.5 Å². The monoisotopic (exact) mass is 497 g/mol. The fraction of sp³-hybridized carbons (Fsp3) is 0.571. The van der Waals surface area contributed by atoms with Crippen molar-refractivity contribution >= 4 is 45.0 Å². The number of aromatic amines is 1. The lowest BCUT2D eigenvalue weighted by atomic mass is 10.0. The predicted octanol–water partition coefficient (Wildman–Crippen LogP) is 4.10. The van der Waals surface area contributed by atoms with E-state index in [-0.39, 0.29) is 21.6 Å². The van der Waals surface area contributed by atoms with Crippen molar-refractivity contribution in [1.29, 1.82) is 0 Å². The van der Waals surface area contributed by atoms with E-state index in [9.17, 15) is 13.2 Å². The van der Waals surface area contributed by atoms with Crippen molar-refractivity contribution in [3.63, 3.8) is 0 Å². The maximum atomic E-state index is 13.0.